The predicted octanol–water partition coefficient (Wildman–Crippen LogP) is 2.44. The molecular formula is C21H24N4O4S2. The molecule has 0 aromatic carbocycles. The molecule has 2 aromatic heterocycles. The number of aromatic nitrogens is 2. The number of nitrogens with one attached hydrogen (secondary N) is 1. The number of fused-ring (bicyclic) bond motifs is 1. The van der Waals surface area contributed by atoms with Crippen molar-refractivity contribution in [2.45, 2.75) is 25.9 Å². The molecule has 4 heterocycles. The molecule has 2 saturated heterocycles. The molecular weight excluding hydrogens is 436 g/mol. The second kappa shape index (κ2) is 9.47. The summed E-state index contributed by atoms with van der Waals surface area (Å²) in [6, 6.07) is 3.69. The molecule has 1 amide bonds. The van der Waals surface area contributed by atoms with Gasteiger partial charge in [0.2, 0.25) is 0 Å². The van der Waals surface area contributed by atoms with Crippen LogP contribution in [-0.4, -0.2) is 64.0 Å². The number of methoxy groups -OCH3 is 1. The zero-order chi connectivity index (χ0) is 22.0. The third kappa shape index (κ3) is 4.67. The summed E-state index contributed by atoms with van der Waals surface area (Å²) in [4.78, 5) is 32.9. The Balaban J connectivity index is 1.71. The summed E-state index contributed by atoms with van der Waals surface area (Å²) >= 11 is 6.63. The summed E-state index contributed by atoms with van der Waals surface area (Å²) in [5.41, 5.74) is 1.53. The number of rotatable bonds is 7. The van der Waals surface area contributed by atoms with Crippen molar-refractivity contribution in [2.24, 2.45) is 0 Å². The highest BCUT2D eigenvalue weighted by atomic mass is 32.2. The number of amides is 1. The van der Waals surface area contributed by atoms with Gasteiger partial charge in [0, 0.05) is 26.5 Å². The second-order valence-electron chi connectivity index (χ2n) is 7.46. The molecule has 31 heavy (non-hydrogen) atoms. The van der Waals surface area contributed by atoms with Crippen LogP contribution >= 0.6 is 24.0 Å². The highest BCUT2D eigenvalue weighted by Gasteiger charge is 2.35. The molecule has 1 unspecified atom stereocenters. The third-order valence-corrected chi connectivity index (χ3v) is 6.54. The highest BCUT2D eigenvalue weighted by molar-refractivity contribution is 8.26. The van der Waals surface area contributed by atoms with Gasteiger partial charge in [0.05, 0.1) is 29.7 Å². The topological polar surface area (TPSA) is 85.2 Å². The van der Waals surface area contributed by atoms with Crippen molar-refractivity contribution >= 4 is 51.7 Å². The largest absolute Gasteiger partial charge is 0.383 e. The van der Waals surface area contributed by atoms with E-state index in [0.29, 0.717) is 52.6 Å². The minimum absolute atomic E-state index is 0.00376. The first kappa shape index (κ1) is 21.9. The predicted molar refractivity (Wildman–Crippen MR) is 125 cm³/mol. The van der Waals surface area contributed by atoms with Crippen LogP contribution in [0.2, 0.25) is 0 Å². The van der Waals surface area contributed by atoms with Crippen molar-refractivity contribution in [2.75, 3.05) is 38.7 Å². The van der Waals surface area contributed by atoms with E-state index in [2.05, 4.69) is 10.3 Å². The third-order valence-electron chi connectivity index (χ3n) is 5.16. The molecule has 0 bridgehead atoms. The Kier molecular flexibility index (Phi) is 6.71. The average molecular weight is 461 g/mol. The second-order valence-corrected chi connectivity index (χ2v) is 9.14. The Labute approximate surface area is 189 Å². The van der Waals surface area contributed by atoms with Gasteiger partial charge in [0.15, 0.2) is 0 Å². The number of carbonyl (C=O) groups excluding carboxylic acids is 1. The number of thioether (sulfide) groups is 1. The van der Waals surface area contributed by atoms with E-state index in [0.717, 1.165) is 18.4 Å². The Hall–Kier alpha value is -2.27. The molecule has 2 aliphatic heterocycles. The fourth-order valence-corrected chi connectivity index (χ4v) is 4.83. The molecule has 8 nitrogen and oxygen atoms in total. The summed E-state index contributed by atoms with van der Waals surface area (Å²) in [6.45, 7) is 4.00. The summed E-state index contributed by atoms with van der Waals surface area (Å²) in [5.74, 6) is 0.206. The van der Waals surface area contributed by atoms with Crippen molar-refractivity contribution in [3.63, 3.8) is 0 Å². The first-order chi connectivity index (χ1) is 15.0. The Morgan fingerprint density at radius 2 is 2.26 bits per heavy atom. The van der Waals surface area contributed by atoms with E-state index in [-0.39, 0.29) is 17.6 Å². The standard InChI is InChI=1S/C21H24N4O4S2/c1-13-5-6-17-23-18(22-7-9-28-2)15(19(26)24(17)11-13)10-16-20(27)25(21(30)31-16)12-14-4-3-8-29-14/h5-6,10-11,14,22H,3-4,7-9,12H2,1-2H3. The van der Waals surface area contributed by atoms with Crippen LogP contribution in [0.3, 0.4) is 0 Å². The van der Waals surface area contributed by atoms with Crippen molar-refractivity contribution < 1.29 is 14.3 Å². The molecule has 0 radical (unpaired) electrons. The Morgan fingerprint density at radius 1 is 1.42 bits per heavy atom. The van der Waals surface area contributed by atoms with Crippen molar-refractivity contribution in [3.8, 4) is 0 Å². The zero-order valence-electron chi connectivity index (χ0n) is 17.4. The average Bonchev–Trinajstić information content (AvgIpc) is 3.35. The molecule has 2 aliphatic rings. The fourth-order valence-electron chi connectivity index (χ4n) is 3.58. The molecule has 2 fully saturated rings. The summed E-state index contributed by atoms with van der Waals surface area (Å²) in [6.07, 6.45) is 5.24. The summed E-state index contributed by atoms with van der Waals surface area (Å²) in [5, 5.41) is 3.15. The minimum atomic E-state index is -0.252. The molecule has 4 rings (SSSR count). The number of nitrogens with zero attached hydrogens (tertiary/aromatic N) is 3. The number of hydrogen-bond acceptors (Lipinski definition) is 8. The van der Waals surface area contributed by atoms with Gasteiger partial charge >= 0.3 is 0 Å². The lowest BCUT2D eigenvalue weighted by molar-refractivity contribution is -0.123. The van der Waals surface area contributed by atoms with Crippen LogP contribution in [0.1, 0.15) is 24.0 Å². The van der Waals surface area contributed by atoms with Crippen molar-refractivity contribution in [1.29, 1.82) is 0 Å². The Bertz CT molecular complexity index is 1110. The van der Waals surface area contributed by atoms with Crippen molar-refractivity contribution in [1.82, 2.24) is 14.3 Å². The van der Waals surface area contributed by atoms with Crippen LogP contribution in [0.4, 0.5) is 5.82 Å². The number of hydrogen-bond donors (Lipinski definition) is 1. The van der Waals surface area contributed by atoms with Crippen LogP contribution in [-0.2, 0) is 14.3 Å². The fraction of sp³-hybridized carbons (Fsp3) is 0.429. The molecule has 0 spiro atoms. The van der Waals surface area contributed by atoms with Crippen molar-refractivity contribution in [3.05, 3.63) is 44.7 Å². The quantitative estimate of drug-likeness (QED) is 0.383. The molecule has 1 N–H and O–H groups in total. The van der Waals surface area contributed by atoms with Gasteiger partial charge in [0.25, 0.3) is 11.5 Å². The zero-order valence-corrected chi connectivity index (χ0v) is 19.1. The maximum atomic E-state index is 13.3. The lowest BCUT2D eigenvalue weighted by atomic mass is 10.2. The van der Waals surface area contributed by atoms with Crippen LogP contribution in [0.25, 0.3) is 11.7 Å². The van der Waals surface area contributed by atoms with E-state index in [9.17, 15) is 9.59 Å². The number of carbonyl (C=O) groups is 1. The normalized spacial score (nSPS) is 20.4. The molecule has 1 atom stereocenters. The first-order valence-electron chi connectivity index (χ1n) is 10.1. The molecule has 164 valence electrons. The van der Waals surface area contributed by atoms with Gasteiger partial charge in [0.1, 0.15) is 15.8 Å². The van der Waals surface area contributed by atoms with Crippen LogP contribution in [0.5, 0.6) is 0 Å². The van der Waals surface area contributed by atoms with E-state index >= 15 is 0 Å². The molecule has 0 saturated carbocycles. The summed E-state index contributed by atoms with van der Waals surface area (Å²) < 4.78 is 12.7. The minimum Gasteiger partial charge on any atom is -0.383 e. The maximum Gasteiger partial charge on any atom is 0.267 e. The van der Waals surface area contributed by atoms with Crippen LogP contribution < -0.4 is 10.9 Å². The number of pyridine rings is 1. The number of anilines is 1. The van der Waals surface area contributed by atoms with Gasteiger partial charge in [-0.2, -0.15) is 0 Å². The van der Waals surface area contributed by atoms with Crippen LogP contribution in [0.15, 0.2) is 28.0 Å². The lowest BCUT2D eigenvalue weighted by Gasteiger charge is -2.18. The van der Waals surface area contributed by atoms with E-state index in [1.165, 1.54) is 16.2 Å². The number of aryl methyl sites for hydroxylation is 1. The van der Waals surface area contributed by atoms with Gasteiger partial charge < -0.3 is 14.8 Å². The van der Waals surface area contributed by atoms with E-state index in [1.54, 1.807) is 30.3 Å². The van der Waals surface area contributed by atoms with E-state index in [4.69, 9.17) is 21.7 Å². The Morgan fingerprint density at radius 3 is 3.00 bits per heavy atom. The van der Waals surface area contributed by atoms with Gasteiger partial charge in [-0.25, -0.2) is 4.98 Å². The number of ether oxygens (including phenoxy) is 2. The first-order valence-corrected chi connectivity index (χ1v) is 11.3. The number of thiocarbonyl (C=S) groups is 1. The van der Waals surface area contributed by atoms with Gasteiger partial charge in [-0.15, -0.1) is 0 Å². The highest BCUT2D eigenvalue weighted by Crippen LogP contribution is 2.34. The molecule has 10 heteroatoms. The van der Waals surface area contributed by atoms with Gasteiger partial charge in [-0.05, 0) is 37.5 Å². The SMILES string of the molecule is COCCNc1nc2ccc(C)cn2c(=O)c1C=C1SC(=S)N(CC2CCCO2)C1=O. The van der Waals surface area contributed by atoms with Crippen LogP contribution in [0, 0.1) is 6.92 Å². The van der Waals surface area contributed by atoms with E-state index in [1.807, 2.05) is 13.0 Å². The maximum absolute atomic E-state index is 13.3. The lowest BCUT2D eigenvalue weighted by Crippen LogP contribution is -2.35. The van der Waals surface area contributed by atoms with Gasteiger partial charge in [-0.3, -0.25) is 18.9 Å². The smallest absolute Gasteiger partial charge is 0.267 e. The summed E-state index contributed by atoms with van der Waals surface area (Å²) in [7, 11) is 1.60. The molecule has 2 aromatic rings. The van der Waals surface area contributed by atoms with Gasteiger partial charge in [-0.1, -0.05) is 30.0 Å². The van der Waals surface area contributed by atoms with E-state index < -0.39 is 0 Å². The molecule has 0 aliphatic carbocycles. The monoisotopic (exact) mass is 460 g/mol.